The van der Waals surface area contributed by atoms with Crippen molar-refractivity contribution in [2.24, 2.45) is 5.92 Å². The van der Waals surface area contributed by atoms with E-state index < -0.39 is 0 Å². The number of hydrogen-bond acceptors (Lipinski definition) is 4. The Balaban J connectivity index is 1.66. The van der Waals surface area contributed by atoms with Crippen molar-refractivity contribution in [3.63, 3.8) is 0 Å². The highest BCUT2D eigenvalue weighted by molar-refractivity contribution is 6.30. The van der Waals surface area contributed by atoms with E-state index in [4.69, 9.17) is 11.6 Å². The molecular weight excluding hydrogens is 350 g/mol. The van der Waals surface area contributed by atoms with Crippen molar-refractivity contribution in [3.05, 3.63) is 34.9 Å². The van der Waals surface area contributed by atoms with Crippen LogP contribution in [0.15, 0.2) is 24.3 Å². The third kappa shape index (κ3) is 4.77. The summed E-state index contributed by atoms with van der Waals surface area (Å²) in [4.78, 5) is 19.8. The Labute approximate surface area is 161 Å². The number of nitrogens with zero attached hydrogens (tertiary/aromatic N) is 3. The van der Waals surface area contributed by atoms with Crippen LogP contribution in [0, 0.1) is 5.92 Å². The Bertz CT molecular complexity index is 587. The fourth-order valence-electron chi connectivity index (χ4n) is 4.25. The number of hydrogen-bond donors (Lipinski definition) is 1. The summed E-state index contributed by atoms with van der Waals surface area (Å²) >= 11 is 5.94. The van der Waals surface area contributed by atoms with Crippen molar-refractivity contribution >= 4 is 17.5 Å². The smallest absolute Gasteiger partial charge is 0.253 e. The average Bonchev–Trinajstić information content (AvgIpc) is 2.67. The number of carbonyl (C=O) groups excluding carboxylic acids is 1. The van der Waals surface area contributed by atoms with Crippen LogP contribution < -0.4 is 0 Å². The molecule has 26 heavy (non-hydrogen) atoms. The van der Waals surface area contributed by atoms with E-state index >= 15 is 0 Å². The molecular formula is C20H30ClN3O2. The van der Waals surface area contributed by atoms with E-state index in [2.05, 4.69) is 16.8 Å². The van der Waals surface area contributed by atoms with E-state index in [1.54, 1.807) is 24.3 Å². The van der Waals surface area contributed by atoms with Gasteiger partial charge in [-0.1, -0.05) is 11.6 Å². The fraction of sp³-hybridized carbons (Fsp3) is 0.650. The predicted molar refractivity (Wildman–Crippen MR) is 105 cm³/mol. The second-order valence-corrected chi connectivity index (χ2v) is 8.02. The summed E-state index contributed by atoms with van der Waals surface area (Å²) in [6.07, 6.45) is 2.79. The van der Waals surface area contributed by atoms with E-state index in [9.17, 15) is 9.90 Å². The second-order valence-electron chi connectivity index (χ2n) is 7.58. The van der Waals surface area contributed by atoms with E-state index in [1.165, 1.54) is 0 Å². The third-order valence-corrected chi connectivity index (χ3v) is 6.06. The molecule has 0 aromatic heterocycles. The molecule has 0 radical (unpaired) electrons. The Morgan fingerprint density at radius 1 is 1.15 bits per heavy atom. The molecule has 0 spiro atoms. The minimum absolute atomic E-state index is 0.0903. The van der Waals surface area contributed by atoms with Crippen molar-refractivity contribution in [2.75, 3.05) is 52.9 Å². The highest BCUT2D eigenvalue weighted by atomic mass is 35.5. The van der Waals surface area contributed by atoms with Gasteiger partial charge in [0.1, 0.15) is 0 Å². The zero-order valence-corrected chi connectivity index (χ0v) is 16.4. The number of halogens is 1. The van der Waals surface area contributed by atoms with Crippen LogP contribution in [0.2, 0.25) is 5.02 Å². The molecule has 1 aromatic rings. The lowest BCUT2D eigenvalue weighted by atomic mass is 9.86. The SMILES string of the molecule is CN1CCN([C@H]2CCN(C(=O)c3ccc(Cl)cc3)C[C@H]2CCCO)CC1. The zero-order chi connectivity index (χ0) is 18.5. The summed E-state index contributed by atoms with van der Waals surface area (Å²) in [5, 5.41) is 9.94. The first kappa shape index (κ1) is 19.6. The standard InChI is InChI=1S/C20H30ClN3O2/c1-22-10-12-23(13-11-22)19-8-9-24(15-17(19)3-2-14-25)20(26)16-4-6-18(21)7-5-16/h4-7,17,19,25H,2-3,8-15H2,1H3/t17-,19+/m1/s1. The molecule has 2 aliphatic heterocycles. The molecule has 2 aliphatic rings. The summed E-state index contributed by atoms with van der Waals surface area (Å²) in [7, 11) is 2.17. The first-order valence-electron chi connectivity index (χ1n) is 9.67. The van der Waals surface area contributed by atoms with Gasteiger partial charge in [0.05, 0.1) is 0 Å². The average molecular weight is 380 g/mol. The van der Waals surface area contributed by atoms with Crippen molar-refractivity contribution in [3.8, 4) is 0 Å². The third-order valence-electron chi connectivity index (χ3n) is 5.81. The lowest BCUT2D eigenvalue weighted by Crippen LogP contribution is -2.56. The van der Waals surface area contributed by atoms with E-state index in [0.717, 1.165) is 58.5 Å². The Hall–Kier alpha value is -1.14. The molecule has 2 atom stereocenters. The first-order valence-corrected chi connectivity index (χ1v) is 10.0. The van der Waals surface area contributed by atoms with Crippen LogP contribution in [-0.2, 0) is 0 Å². The number of piperidine rings is 1. The minimum atomic E-state index is 0.0903. The number of likely N-dealkylation sites (tertiary alicyclic amines) is 1. The van der Waals surface area contributed by atoms with Crippen LogP contribution in [-0.4, -0.2) is 84.7 Å². The number of likely N-dealkylation sites (N-methyl/N-ethyl adjacent to an activating group) is 1. The number of piperazine rings is 1. The molecule has 0 aliphatic carbocycles. The molecule has 6 heteroatoms. The van der Waals surface area contributed by atoms with Crippen LogP contribution >= 0.6 is 11.6 Å². The number of rotatable bonds is 5. The number of carbonyl (C=O) groups is 1. The molecule has 2 heterocycles. The van der Waals surface area contributed by atoms with Crippen molar-refractivity contribution < 1.29 is 9.90 Å². The van der Waals surface area contributed by atoms with E-state index in [1.807, 2.05) is 4.90 Å². The Morgan fingerprint density at radius 3 is 2.50 bits per heavy atom. The zero-order valence-electron chi connectivity index (χ0n) is 15.6. The molecule has 1 N–H and O–H groups in total. The number of aliphatic hydroxyl groups excluding tert-OH is 1. The molecule has 144 valence electrons. The van der Waals surface area contributed by atoms with Crippen LogP contribution in [0.3, 0.4) is 0 Å². The van der Waals surface area contributed by atoms with E-state index in [0.29, 0.717) is 22.5 Å². The molecule has 1 amide bonds. The van der Waals surface area contributed by atoms with Crippen LogP contribution in [0.25, 0.3) is 0 Å². The van der Waals surface area contributed by atoms with Crippen LogP contribution in [0.1, 0.15) is 29.6 Å². The molecule has 0 bridgehead atoms. The number of aliphatic hydroxyl groups is 1. The van der Waals surface area contributed by atoms with Crippen molar-refractivity contribution in [1.29, 1.82) is 0 Å². The van der Waals surface area contributed by atoms with Crippen molar-refractivity contribution in [2.45, 2.75) is 25.3 Å². The van der Waals surface area contributed by atoms with Crippen LogP contribution in [0.4, 0.5) is 0 Å². The number of benzene rings is 1. The fourth-order valence-corrected chi connectivity index (χ4v) is 4.38. The summed E-state index contributed by atoms with van der Waals surface area (Å²) in [6.45, 7) is 6.21. The summed E-state index contributed by atoms with van der Waals surface area (Å²) in [6, 6.07) is 7.67. The normalized spacial score (nSPS) is 25.4. The van der Waals surface area contributed by atoms with Gasteiger partial charge in [0.2, 0.25) is 0 Å². The van der Waals surface area contributed by atoms with Crippen molar-refractivity contribution in [1.82, 2.24) is 14.7 Å². The van der Waals surface area contributed by atoms with Gasteiger partial charge in [0.15, 0.2) is 0 Å². The van der Waals surface area contributed by atoms with E-state index in [-0.39, 0.29) is 12.5 Å². The first-order chi connectivity index (χ1) is 12.6. The monoisotopic (exact) mass is 379 g/mol. The maximum Gasteiger partial charge on any atom is 0.253 e. The van der Waals surface area contributed by atoms with Gasteiger partial charge in [-0.25, -0.2) is 0 Å². The highest BCUT2D eigenvalue weighted by Crippen LogP contribution is 2.28. The van der Waals surface area contributed by atoms with Gasteiger partial charge < -0.3 is 14.9 Å². The molecule has 0 saturated carbocycles. The van der Waals surface area contributed by atoms with Gasteiger partial charge in [0, 0.05) is 62.5 Å². The Morgan fingerprint density at radius 2 is 1.85 bits per heavy atom. The quantitative estimate of drug-likeness (QED) is 0.851. The molecule has 2 fully saturated rings. The van der Waals surface area contributed by atoms with Gasteiger partial charge in [0.25, 0.3) is 5.91 Å². The molecule has 1 aromatic carbocycles. The summed E-state index contributed by atoms with van der Waals surface area (Å²) in [5.74, 6) is 0.517. The van der Waals surface area contributed by atoms with Gasteiger partial charge in [-0.05, 0) is 56.5 Å². The molecule has 2 saturated heterocycles. The molecule has 5 nitrogen and oxygen atoms in total. The summed E-state index contributed by atoms with van der Waals surface area (Å²) < 4.78 is 0. The Kier molecular flexibility index (Phi) is 6.92. The number of amides is 1. The van der Waals surface area contributed by atoms with Gasteiger partial charge in [-0.2, -0.15) is 0 Å². The minimum Gasteiger partial charge on any atom is -0.396 e. The summed E-state index contributed by atoms with van der Waals surface area (Å²) in [5.41, 5.74) is 0.702. The largest absolute Gasteiger partial charge is 0.396 e. The van der Waals surface area contributed by atoms with Gasteiger partial charge in [-0.3, -0.25) is 9.69 Å². The topological polar surface area (TPSA) is 47.0 Å². The van der Waals surface area contributed by atoms with Gasteiger partial charge in [-0.15, -0.1) is 0 Å². The van der Waals surface area contributed by atoms with Gasteiger partial charge >= 0.3 is 0 Å². The predicted octanol–water partition coefficient (Wildman–Crippen LogP) is 2.19. The molecule has 0 unspecified atom stereocenters. The maximum atomic E-state index is 12.9. The van der Waals surface area contributed by atoms with Crippen LogP contribution in [0.5, 0.6) is 0 Å². The molecule has 3 rings (SSSR count). The second kappa shape index (κ2) is 9.18. The highest BCUT2D eigenvalue weighted by Gasteiger charge is 2.35. The lowest BCUT2D eigenvalue weighted by molar-refractivity contribution is 0.0218. The lowest BCUT2D eigenvalue weighted by Gasteiger charge is -2.46. The maximum absolute atomic E-state index is 12.9.